The predicted octanol–water partition coefficient (Wildman–Crippen LogP) is 2.92. The van der Waals surface area contributed by atoms with Crippen molar-refractivity contribution in [1.82, 2.24) is 5.32 Å². The molecule has 0 saturated heterocycles. The normalized spacial score (nSPS) is 19.3. The number of fused-ring (bicyclic) bond motifs is 1. The summed E-state index contributed by atoms with van der Waals surface area (Å²) < 4.78 is 26.8. The van der Waals surface area contributed by atoms with Crippen LogP contribution in [0, 0.1) is 11.6 Å². The molecule has 0 bridgehead atoms. The number of hydrogen-bond acceptors (Lipinski definition) is 2. The summed E-state index contributed by atoms with van der Waals surface area (Å²) in [6.45, 7) is -0.275. The minimum Gasteiger partial charge on any atom is -0.394 e. The number of carbonyl (C=O) groups excluding carboxylic acids is 1. The zero-order chi connectivity index (χ0) is 16.4. The van der Waals surface area contributed by atoms with Gasteiger partial charge in [-0.1, -0.05) is 30.3 Å². The molecule has 3 N–H and O–H groups in total. The van der Waals surface area contributed by atoms with E-state index < -0.39 is 23.2 Å². The van der Waals surface area contributed by atoms with Gasteiger partial charge in [0, 0.05) is 0 Å². The highest BCUT2D eigenvalue weighted by Gasteiger charge is 2.39. The Balaban J connectivity index is 1.81. The van der Waals surface area contributed by atoms with Crippen LogP contribution in [0.4, 0.5) is 19.3 Å². The number of aryl methyl sites for hydroxylation is 1. The van der Waals surface area contributed by atoms with E-state index in [9.17, 15) is 18.7 Å². The third kappa shape index (κ3) is 2.77. The Hall–Kier alpha value is -2.47. The fraction of sp³-hybridized carbons (Fsp3) is 0.235. The number of carbonyl (C=O) groups is 1. The largest absolute Gasteiger partial charge is 0.394 e. The minimum absolute atomic E-state index is 0.248. The lowest BCUT2D eigenvalue weighted by atomic mass is 9.93. The van der Waals surface area contributed by atoms with E-state index >= 15 is 0 Å². The lowest BCUT2D eigenvalue weighted by Gasteiger charge is -2.29. The first-order chi connectivity index (χ1) is 11.1. The van der Waals surface area contributed by atoms with Gasteiger partial charge in [-0.3, -0.25) is 0 Å². The molecule has 0 spiro atoms. The number of anilines is 1. The van der Waals surface area contributed by atoms with Gasteiger partial charge in [0.05, 0.1) is 17.8 Å². The summed E-state index contributed by atoms with van der Waals surface area (Å²) >= 11 is 0. The van der Waals surface area contributed by atoms with Crippen molar-refractivity contribution in [2.45, 2.75) is 18.4 Å². The Bertz CT molecular complexity index is 751. The maximum absolute atomic E-state index is 13.6. The lowest BCUT2D eigenvalue weighted by molar-refractivity contribution is 0.164. The van der Waals surface area contributed by atoms with Crippen LogP contribution in [0.2, 0.25) is 0 Å². The Morgan fingerprint density at radius 1 is 1.17 bits per heavy atom. The standard InChI is InChI=1S/C17H16F2N2O2/c18-13-6-3-7-14(15(13)19)20-16(23)21-17(10-22)9-8-11-4-1-2-5-12(11)17/h1-7,22H,8-10H2,(H2,20,21,23). The van der Waals surface area contributed by atoms with Crippen molar-refractivity contribution in [2.24, 2.45) is 0 Å². The van der Waals surface area contributed by atoms with Gasteiger partial charge in [0.25, 0.3) is 0 Å². The maximum atomic E-state index is 13.6. The van der Waals surface area contributed by atoms with E-state index in [-0.39, 0.29) is 12.3 Å². The molecule has 0 aliphatic heterocycles. The Labute approximate surface area is 132 Å². The molecule has 0 fully saturated rings. The van der Waals surface area contributed by atoms with Gasteiger partial charge in [-0.05, 0) is 36.1 Å². The van der Waals surface area contributed by atoms with E-state index in [0.29, 0.717) is 6.42 Å². The summed E-state index contributed by atoms with van der Waals surface area (Å²) in [6, 6.07) is 10.4. The molecule has 1 aliphatic rings. The number of aliphatic hydroxyl groups excluding tert-OH is 1. The zero-order valence-corrected chi connectivity index (χ0v) is 12.3. The average Bonchev–Trinajstić information content (AvgIpc) is 2.91. The molecule has 1 atom stereocenters. The van der Waals surface area contributed by atoms with Crippen molar-refractivity contribution in [3.8, 4) is 0 Å². The first-order valence-electron chi connectivity index (χ1n) is 7.28. The highest BCUT2D eigenvalue weighted by Crippen LogP contribution is 2.36. The second kappa shape index (κ2) is 5.96. The monoisotopic (exact) mass is 318 g/mol. The number of aliphatic hydroxyl groups is 1. The van der Waals surface area contributed by atoms with Crippen LogP contribution in [-0.2, 0) is 12.0 Å². The summed E-state index contributed by atoms with van der Waals surface area (Å²) in [4.78, 5) is 12.2. The van der Waals surface area contributed by atoms with Crippen LogP contribution in [0.15, 0.2) is 42.5 Å². The third-order valence-electron chi connectivity index (χ3n) is 4.18. The van der Waals surface area contributed by atoms with Crippen LogP contribution in [0.25, 0.3) is 0 Å². The first-order valence-corrected chi connectivity index (χ1v) is 7.28. The molecule has 120 valence electrons. The second-order valence-electron chi connectivity index (χ2n) is 5.58. The molecule has 23 heavy (non-hydrogen) atoms. The average molecular weight is 318 g/mol. The molecule has 0 saturated carbocycles. The van der Waals surface area contributed by atoms with E-state index in [2.05, 4.69) is 10.6 Å². The number of urea groups is 1. The van der Waals surface area contributed by atoms with E-state index in [4.69, 9.17) is 0 Å². The zero-order valence-electron chi connectivity index (χ0n) is 12.3. The summed E-state index contributed by atoms with van der Waals surface area (Å²) in [5.74, 6) is -2.15. The molecule has 6 heteroatoms. The van der Waals surface area contributed by atoms with Gasteiger partial charge < -0.3 is 15.7 Å². The van der Waals surface area contributed by atoms with Crippen molar-refractivity contribution >= 4 is 11.7 Å². The number of amides is 2. The molecule has 0 radical (unpaired) electrons. The van der Waals surface area contributed by atoms with Crippen LogP contribution in [0.1, 0.15) is 17.5 Å². The number of rotatable bonds is 3. The molecule has 3 rings (SSSR count). The quantitative estimate of drug-likeness (QED) is 0.815. The van der Waals surface area contributed by atoms with Crippen LogP contribution in [0.3, 0.4) is 0 Å². The topological polar surface area (TPSA) is 61.4 Å². The van der Waals surface area contributed by atoms with Crippen molar-refractivity contribution in [1.29, 1.82) is 0 Å². The van der Waals surface area contributed by atoms with Crippen molar-refractivity contribution in [2.75, 3.05) is 11.9 Å². The van der Waals surface area contributed by atoms with Gasteiger partial charge in [-0.2, -0.15) is 0 Å². The van der Waals surface area contributed by atoms with E-state index in [1.54, 1.807) is 0 Å². The summed E-state index contributed by atoms with van der Waals surface area (Å²) in [6.07, 6.45) is 1.27. The van der Waals surface area contributed by atoms with Crippen molar-refractivity contribution < 1.29 is 18.7 Å². The van der Waals surface area contributed by atoms with E-state index in [0.717, 1.165) is 23.6 Å². The fourth-order valence-electron chi connectivity index (χ4n) is 2.99. The van der Waals surface area contributed by atoms with Gasteiger partial charge in [0.1, 0.15) is 0 Å². The molecular weight excluding hydrogens is 302 g/mol. The molecule has 2 amide bonds. The summed E-state index contributed by atoms with van der Waals surface area (Å²) in [7, 11) is 0. The molecule has 4 nitrogen and oxygen atoms in total. The third-order valence-corrected chi connectivity index (χ3v) is 4.18. The van der Waals surface area contributed by atoms with Gasteiger partial charge in [0.15, 0.2) is 11.6 Å². The molecule has 0 heterocycles. The van der Waals surface area contributed by atoms with Gasteiger partial charge in [-0.15, -0.1) is 0 Å². The van der Waals surface area contributed by atoms with E-state index in [1.807, 2.05) is 24.3 Å². The highest BCUT2D eigenvalue weighted by atomic mass is 19.2. The van der Waals surface area contributed by atoms with Gasteiger partial charge in [0.2, 0.25) is 0 Å². The highest BCUT2D eigenvalue weighted by molar-refractivity contribution is 5.90. The van der Waals surface area contributed by atoms with Crippen LogP contribution in [-0.4, -0.2) is 17.7 Å². The SMILES string of the molecule is O=C(Nc1cccc(F)c1F)NC1(CO)CCc2ccccc21. The maximum Gasteiger partial charge on any atom is 0.320 e. The van der Waals surface area contributed by atoms with E-state index in [1.165, 1.54) is 12.1 Å². The Morgan fingerprint density at radius 2 is 1.96 bits per heavy atom. The van der Waals surface area contributed by atoms with Crippen LogP contribution >= 0.6 is 0 Å². The van der Waals surface area contributed by atoms with Crippen molar-refractivity contribution in [3.63, 3.8) is 0 Å². The smallest absolute Gasteiger partial charge is 0.320 e. The Morgan fingerprint density at radius 3 is 2.74 bits per heavy atom. The summed E-state index contributed by atoms with van der Waals surface area (Å²) in [5.41, 5.74) is 0.739. The molecule has 1 aliphatic carbocycles. The van der Waals surface area contributed by atoms with Gasteiger partial charge >= 0.3 is 6.03 Å². The minimum atomic E-state index is -1.12. The first kappa shape index (κ1) is 15.4. The molecule has 2 aromatic carbocycles. The fourth-order valence-corrected chi connectivity index (χ4v) is 2.99. The Kier molecular flexibility index (Phi) is 4.00. The number of benzene rings is 2. The lowest BCUT2D eigenvalue weighted by Crippen LogP contribution is -2.49. The molecule has 2 aromatic rings. The van der Waals surface area contributed by atoms with Crippen LogP contribution in [0.5, 0.6) is 0 Å². The predicted molar refractivity (Wildman–Crippen MR) is 82.0 cm³/mol. The molecule has 1 unspecified atom stereocenters. The number of halogens is 2. The van der Waals surface area contributed by atoms with Crippen molar-refractivity contribution in [3.05, 3.63) is 65.2 Å². The molecule has 0 aromatic heterocycles. The van der Waals surface area contributed by atoms with Crippen LogP contribution < -0.4 is 10.6 Å². The molecular formula is C17H16F2N2O2. The summed E-state index contributed by atoms with van der Waals surface area (Å²) in [5, 5.41) is 14.8. The van der Waals surface area contributed by atoms with Gasteiger partial charge in [-0.25, -0.2) is 13.6 Å². The number of nitrogens with one attached hydrogen (secondary N) is 2. The second-order valence-corrected chi connectivity index (χ2v) is 5.58. The number of hydrogen-bond donors (Lipinski definition) is 3.